The molecule has 28 heavy (non-hydrogen) atoms. The normalized spacial score (nSPS) is 23.2. The van der Waals surface area contributed by atoms with Gasteiger partial charge in [-0.15, -0.1) is 24.0 Å². The number of sulfone groups is 1. The first kappa shape index (κ1) is 23.2. The van der Waals surface area contributed by atoms with Crippen LogP contribution in [0.25, 0.3) is 0 Å². The molecule has 3 rings (SSSR count). The van der Waals surface area contributed by atoms with Gasteiger partial charge < -0.3 is 15.1 Å². The highest BCUT2D eigenvalue weighted by Gasteiger charge is 2.28. The van der Waals surface area contributed by atoms with Gasteiger partial charge >= 0.3 is 0 Å². The predicted octanol–water partition coefficient (Wildman–Crippen LogP) is 2.00. The van der Waals surface area contributed by atoms with Crippen LogP contribution >= 0.6 is 24.0 Å². The number of aliphatic imine (C=N–C) groups is 1. The van der Waals surface area contributed by atoms with E-state index in [-0.39, 0.29) is 35.6 Å². The van der Waals surface area contributed by atoms with Crippen molar-refractivity contribution in [3.63, 3.8) is 0 Å². The maximum atomic E-state index is 11.7. The predicted molar refractivity (Wildman–Crippen MR) is 125 cm³/mol. The number of halogens is 1. The minimum absolute atomic E-state index is 0. The van der Waals surface area contributed by atoms with Crippen molar-refractivity contribution in [2.24, 2.45) is 10.9 Å². The molecule has 158 valence electrons. The molecule has 0 spiro atoms. The van der Waals surface area contributed by atoms with Crippen LogP contribution in [0.3, 0.4) is 0 Å². The van der Waals surface area contributed by atoms with E-state index < -0.39 is 9.84 Å². The van der Waals surface area contributed by atoms with Gasteiger partial charge in [-0.2, -0.15) is 0 Å². The van der Waals surface area contributed by atoms with Crippen LogP contribution in [0.5, 0.6) is 0 Å². The number of hydrogen-bond donors (Lipinski definition) is 1. The molecule has 2 fully saturated rings. The number of nitrogens with zero attached hydrogens (tertiary/aromatic N) is 4. The monoisotopic (exact) mass is 521 g/mol. The lowest BCUT2D eigenvalue weighted by atomic mass is 10.1. The summed E-state index contributed by atoms with van der Waals surface area (Å²) in [6.07, 6.45) is 3.58. The first-order valence-electron chi connectivity index (χ1n) is 9.89. The maximum Gasteiger partial charge on any atom is 0.194 e. The molecule has 2 atom stereocenters. The largest absolute Gasteiger partial charge is 0.354 e. The Morgan fingerprint density at radius 3 is 2.64 bits per heavy atom. The molecule has 2 aliphatic rings. The van der Waals surface area contributed by atoms with Gasteiger partial charge in [0, 0.05) is 45.0 Å². The van der Waals surface area contributed by atoms with Crippen molar-refractivity contribution in [3.05, 3.63) is 24.4 Å². The van der Waals surface area contributed by atoms with Gasteiger partial charge in [0.15, 0.2) is 15.8 Å². The van der Waals surface area contributed by atoms with Crippen LogP contribution in [0.15, 0.2) is 29.4 Å². The summed E-state index contributed by atoms with van der Waals surface area (Å²) in [7, 11) is -2.85. The van der Waals surface area contributed by atoms with Gasteiger partial charge in [0.2, 0.25) is 0 Å². The summed E-state index contributed by atoms with van der Waals surface area (Å²) in [5.74, 6) is 2.67. The zero-order chi connectivity index (χ0) is 19.3. The van der Waals surface area contributed by atoms with Gasteiger partial charge in [-0.25, -0.2) is 13.4 Å². The molecule has 2 aliphatic heterocycles. The van der Waals surface area contributed by atoms with Crippen molar-refractivity contribution in [3.8, 4) is 0 Å². The molecule has 2 saturated heterocycles. The minimum Gasteiger partial charge on any atom is -0.354 e. The zero-order valence-corrected chi connectivity index (χ0v) is 19.9. The van der Waals surface area contributed by atoms with Crippen molar-refractivity contribution < 1.29 is 8.42 Å². The molecular weight excluding hydrogens is 489 g/mol. The van der Waals surface area contributed by atoms with E-state index in [0.29, 0.717) is 18.3 Å². The second-order valence-corrected chi connectivity index (χ2v) is 9.78. The fourth-order valence-electron chi connectivity index (χ4n) is 3.48. The Morgan fingerprint density at radius 2 is 2.07 bits per heavy atom. The Hall–Kier alpha value is -1.10. The van der Waals surface area contributed by atoms with Gasteiger partial charge in [0.25, 0.3) is 0 Å². The highest BCUT2D eigenvalue weighted by atomic mass is 127. The van der Waals surface area contributed by atoms with Gasteiger partial charge in [-0.1, -0.05) is 13.0 Å². The number of pyridine rings is 1. The molecule has 7 nitrogen and oxygen atoms in total. The maximum absolute atomic E-state index is 11.7. The van der Waals surface area contributed by atoms with Crippen molar-refractivity contribution in [1.82, 2.24) is 15.2 Å². The van der Waals surface area contributed by atoms with Crippen LogP contribution in [0.4, 0.5) is 5.82 Å². The van der Waals surface area contributed by atoms with Crippen molar-refractivity contribution in [2.75, 3.05) is 49.1 Å². The van der Waals surface area contributed by atoms with E-state index in [0.717, 1.165) is 50.8 Å². The average Bonchev–Trinajstić information content (AvgIpc) is 3.04. The Balaban J connectivity index is 0.00000280. The Kier molecular flexibility index (Phi) is 8.79. The summed E-state index contributed by atoms with van der Waals surface area (Å²) < 4.78 is 23.4. The van der Waals surface area contributed by atoms with Crippen molar-refractivity contribution in [2.45, 2.75) is 32.7 Å². The van der Waals surface area contributed by atoms with Gasteiger partial charge in [0.05, 0.1) is 11.5 Å². The van der Waals surface area contributed by atoms with E-state index in [9.17, 15) is 8.42 Å². The minimum atomic E-state index is -2.85. The Labute approximate surface area is 185 Å². The van der Waals surface area contributed by atoms with E-state index >= 15 is 0 Å². The third kappa shape index (κ3) is 6.47. The Bertz CT molecular complexity index is 736. The summed E-state index contributed by atoms with van der Waals surface area (Å²) >= 11 is 0. The second kappa shape index (κ2) is 10.6. The summed E-state index contributed by atoms with van der Waals surface area (Å²) in [5, 5.41) is 3.53. The fourth-order valence-corrected chi connectivity index (χ4v) is 5.33. The standard InChI is InChI=1S/C19H31N5O2S.HI/c1-3-16(2)22-19(21-14-17-7-13-27(25,26)15-17)24-11-9-23(10-12-24)18-6-4-5-8-20-18;/h4-6,8,16-17H,3,7,9-15H2,1-2H3,(H,21,22);1H. The summed E-state index contributed by atoms with van der Waals surface area (Å²) in [6, 6.07) is 6.33. The molecule has 1 aromatic rings. The molecule has 0 bridgehead atoms. The topological polar surface area (TPSA) is 77.9 Å². The first-order chi connectivity index (χ1) is 13.0. The van der Waals surface area contributed by atoms with E-state index in [1.807, 2.05) is 24.4 Å². The highest BCUT2D eigenvalue weighted by molar-refractivity contribution is 14.0. The number of rotatable bonds is 5. The van der Waals surface area contributed by atoms with E-state index in [1.54, 1.807) is 0 Å². The number of piperazine rings is 1. The summed E-state index contributed by atoms with van der Waals surface area (Å²) in [4.78, 5) is 13.8. The third-order valence-electron chi connectivity index (χ3n) is 5.37. The fraction of sp³-hybridized carbons (Fsp3) is 0.684. The quantitative estimate of drug-likeness (QED) is 0.363. The van der Waals surface area contributed by atoms with Crippen LogP contribution in [-0.2, 0) is 9.84 Å². The third-order valence-corrected chi connectivity index (χ3v) is 7.20. The summed E-state index contributed by atoms with van der Waals surface area (Å²) in [5.41, 5.74) is 0. The molecule has 2 unspecified atom stereocenters. The van der Waals surface area contributed by atoms with Gasteiger partial charge in [0.1, 0.15) is 5.82 Å². The van der Waals surface area contributed by atoms with Gasteiger partial charge in [-0.3, -0.25) is 4.99 Å². The van der Waals surface area contributed by atoms with Crippen molar-refractivity contribution in [1.29, 1.82) is 0 Å². The molecule has 0 radical (unpaired) electrons. The SMILES string of the molecule is CCC(C)NC(=NCC1CCS(=O)(=O)C1)N1CCN(c2ccccn2)CC1.I. The Morgan fingerprint density at radius 1 is 1.32 bits per heavy atom. The number of anilines is 1. The van der Waals surface area contributed by atoms with Gasteiger partial charge in [-0.05, 0) is 37.8 Å². The molecule has 0 aromatic carbocycles. The van der Waals surface area contributed by atoms with Crippen LogP contribution in [-0.4, -0.2) is 74.5 Å². The highest BCUT2D eigenvalue weighted by Crippen LogP contribution is 2.19. The van der Waals surface area contributed by atoms with Crippen LogP contribution in [0.1, 0.15) is 26.7 Å². The number of nitrogens with one attached hydrogen (secondary N) is 1. The first-order valence-corrected chi connectivity index (χ1v) is 11.7. The smallest absolute Gasteiger partial charge is 0.194 e. The molecule has 9 heteroatoms. The molecule has 1 N–H and O–H groups in total. The number of guanidine groups is 1. The zero-order valence-electron chi connectivity index (χ0n) is 16.7. The molecular formula is C19H32IN5O2S. The molecule has 0 saturated carbocycles. The molecule has 1 aromatic heterocycles. The van der Waals surface area contributed by atoms with E-state index in [4.69, 9.17) is 4.99 Å². The van der Waals surface area contributed by atoms with Crippen LogP contribution < -0.4 is 10.2 Å². The van der Waals surface area contributed by atoms with Crippen LogP contribution in [0, 0.1) is 5.92 Å². The lowest BCUT2D eigenvalue weighted by molar-refractivity contribution is 0.364. The number of aromatic nitrogens is 1. The summed E-state index contributed by atoms with van der Waals surface area (Å²) in [6.45, 7) is 8.44. The second-order valence-electron chi connectivity index (χ2n) is 7.55. The van der Waals surface area contributed by atoms with E-state index in [1.165, 1.54) is 0 Å². The molecule has 0 aliphatic carbocycles. The van der Waals surface area contributed by atoms with Crippen LogP contribution in [0.2, 0.25) is 0 Å². The lowest BCUT2D eigenvalue weighted by Gasteiger charge is -2.38. The lowest BCUT2D eigenvalue weighted by Crippen LogP contribution is -2.54. The molecule has 3 heterocycles. The van der Waals surface area contributed by atoms with Crippen molar-refractivity contribution >= 4 is 45.6 Å². The molecule has 0 amide bonds. The number of hydrogen-bond acceptors (Lipinski definition) is 5. The average molecular weight is 521 g/mol. The van der Waals surface area contributed by atoms with E-state index in [2.05, 4.69) is 33.9 Å².